The van der Waals surface area contributed by atoms with Crippen LogP contribution in [0.2, 0.25) is 0 Å². The van der Waals surface area contributed by atoms with Gasteiger partial charge in [-0.3, -0.25) is 14.9 Å². The first-order chi connectivity index (χ1) is 13.1. The Bertz CT molecular complexity index is 1000. The molecule has 27 heavy (non-hydrogen) atoms. The van der Waals surface area contributed by atoms with Crippen molar-refractivity contribution >= 4 is 17.8 Å². The quantitative estimate of drug-likeness (QED) is 0.695. The summed E-state index contributed by atoms with van der Waals surface area (Å²) in [6, 6.07) is 20.7. The highest BCUT2D eigenvalue weighted by molar-refractivity contribution is 5.96. The molecule has 134 valence electrons. The molecule has 1 aromatic heterocycles. The molecule has 0 bridgehead atoms. The molecule has 0 fully saturated rings. The lowest BCUT2D eigenvalue weighted by Gasteiger charge is -2.03. The van der Waals surface area contributed by atoms with Gasteiger partial charge in [0.1, 0.15) is 17.4 Å². The Morgan fingerprint density at radius 1 is 1.04 bits per heavy atom. The molecule has 0 aliphatic carbocycles. The second kappa shape index (κ2) is 8.02. The van der Waals surface area contributed by atoms with Crippen LogP contribution in [0.15, 0.2) is 65.1 Å². The van der Waals surface area contributed by atoms with Crippen LogP contribution in [-0.2, 0) is 14.3 Å². The van der Waals surface area contributed by atoms with E-state index in [0.717, 1.165) is 11.1 Å². The van der Waals surface area contributed by atoms with Gasteiger partial charge in [0.25, 0.3) is 5.91 Å². The summed E-state index contributed by atoms with van der Waals surface area (Å²) >= 11 is 0. The normalized spacial score (nSPS) is 10.1. The van der Waals surface area contributed by atoms with Gasteiger partial charge in [0.05, 0.1) is 0 Å². The van der Waals surface area contributed by atoms with E-state index in [1.807, 2.05) is 60.7 Å². The average Bonchev–Trinajstić information content (AvgIpc) is 3.06. The van der Waals surface area contributed by atoms with Crippen molar-refractivity contribution in [3.8, 4) is 28.5 Å². The number of ether oxygens (including phenoxy) is 1. The number of amides is 1. The van der Waals surface area contributed by atoms with Crippen molar-refractivity contribution in [1.29, 1.82) is 5.26 Å². The smallest absolute Gasteiger partial charge is 0.303 e. The summed E-state index contributed by atoms with van der Waals surface area (Å²) in [6.45, 7) is 0.754. The second-order valence-electron chi connectivity index (χ2n) is 5.68. The van der Waals surface area contributed by atoms with Gasteiger partial charge >= 0.3 is 5.97 Å². The van der Waals surface area contributed by atoms with Gasteiger partial charge in [-0.15, -0.1) is 0 Å². The van der Waals surface area contributed by atoms with Gasteiger partial charge in [0, 0.05) is 18.1 Å². The fourth-order valence-electron chi connectivity index (χ4n) is 2.63. The molecule has 0 aliphatic heterocycles. The number of esters is 1. The van der Waals surface area contributed by atoms with Crippen LogP contribution in [0.3, 0.4) is 0 Å². The average molecular weight is 360 g/mol. The Kier molecular flexibility index (Phi) is 5.33. The van der Waals surface area contributed by atoms with Crippen LogP contribution in [0.25, 0.3) is 22.5 Å². The molecular weight excluding hydrogens is 344 g/mol. The molecule has 0 atom stereocenters. The maximum Gasteiger partial charge on any atom is 0.303 e. The molecule has 1 N–H and O–H groups in total. The Hall–Kier alpha value is -3.85. The molecule has 3 aromatic rings. The number of rotatable bonds is 5. The number of furan rings is 1. The first-order valence-electron chi connectivity index (χ1n) is 8.21. The summed E-state index contributed by atoms with van der Waals surface area (Å²) in [5.41, 5.74) is 2.36. The summed E-state index contributed by atoms with van der Waals surface area (Å²) in [6.07, 6.45) is 0. The van der Waals surface area contributed by atoms with Gasteiger partial charge in [0.15, 0.2) is 6.61 Å². The van der Waals surface area contributed by atoms with Crippen molar-refractivity contribution in [3.63, 3.8) is 0 Å². The van der Waals surface area contributed by atoms with Crippen molar-refractivity contribution in [1.82, 2.24) is 0 Å². The van der Waals surface area contributed by atoms with Crippen LogP contribution < -0.4 is 5.32 Å². The Morgan fingerprint density at radius 2 is 1.63 bits per heavy atom. The van der Waals surface area contributed by atoms with Gasteiger partial charge < -0.3 is 9.15 Å². The van der Waals surface area contributed by atoms with Crippen molar-refractivity contribution in [2.75, 3.05) is 11.9 Å². The van der Waals surface area contributed by atoms with E-state index >= 15 is 0 Å². The van der Waals surface area contributed by atoms with Crippen molar-refractivity contribution in [2.45, 2.75) is 6.92 Å². The molecule has 2 aromatic carbocycles. The van der Waals surface area contributed by atoms with Crippen LogP contribution in [0, 0.1) is 11.3 Å². The van der Waals surface area contributed by atoms with Crippen LogP contribution >= 0.6 is 0 Å². The summed E-state index contributed by atoms with van der Waals surface area (Å²) in [7, 11) is 0. The minimum Gasteiger partial charge on any atom is -0.456 e. The van der Waals surface area contributed by atoms with E-state index < -0.39 is 18.5 Å². The largest absolute Gasteiger partial charge is 0.456 e. The zero-order valence-corrected chi connectivity index (χ0v) is 14.6. The summed E-state index contributed by atoms with van der Waals surface area (Å²) in [5, 5.41) is 12.2. The minimum atomic E-state index is -0.588. The second-order valence-corrected chi connectivity index (χ2v) is 5.68. The van der Waals surface area contributed by atoms with E-state index in [4.69, 9.17) is 4.42 Å². The Morgan fingerprint density at radius 3 is 2.19 bits per heavy atom. The van der Waals surface area contributed by atoms with Crippen LogP contribution in [-0.4, -0.2) is 18.5 Å². The van der Waals surface area contributed by atoms with Crippen LogP contribution in [0.5, 0.6) is 0 Å². The van der Waals surface area contributed by atoms with Gasteiger partial charge in [0.2, 0.25) is 5.88 Å². The zero-order valence-electron chi connectivity index (χ0n) is 14.6. The molecule has 1 amide bonds. The number of hydrogen-bond donors (Lipinski definition) is 1. The fraction of sp³-hybridized carbons (Fsp3) is 0.0952. The molecule has 0 aliphatic rings. The number of benzene rings is 2. The molecule has 6 heteroatoms. The maximum atomic E-state index is 12.0. The van der Waals surface area contributed by atoms with E-state index in [1.54, 1.807) is 0 Å². The highest BCUT2D eigenvalue weighted by Gasteiger charge is 2.24. The van der Waals surface area contributed by atoms with E-state index in [0.29, 0.717) is 11.3 Å². The first-order valence-corrected chi connectivity index (χ1v) is 8.21. The predicted molar refractivity (Wildman–Crippen MR) is 99.6 cm³/mol. The molecule has 6 nitrogen and oxygen atoms in total. The third-order valence-electron chi connectivity index (χ3n) is 3.78. The van der Waals surface area contributed by atoms with Crippen molar-refractivity contribution in [2.24, 2.45) is 0 Å². The first kappa shape index (κ1) is 18.0. The number of carbonyl (C=O) groups excluding carboxylic acids is 2. The highest BCUT2D eigenvalue weighted by atomic mass is 16.5. The van der Waals surface area contributed by atoms with Gasteiger partial charge in [-0.25, -0.2) is 0 Å². The lowest BCUT2D eigenvalue weighted by atomic mass is 9.98. The lowest BCUT2D eigenvalue weighted by molar-refractivity contribution is -0.145. The van der Waals surface area contributed by atoms with Crippen LogP contribution in [0.1, 0.15) is 12.5 Å². The zero-order chi connectivity index (χ0) is 19.2. The summed E-state index contributed by atoms with van der Waals surface area (Å²) in [4.78, 5) is 22.9. The molecular formula is C21H16N2O4. The predicted octanol–water partition coefficient (Wildman–Crippen LogP) is 3.99. The van der Waals surface area contributed by atoms with E-state index in [1.165, 1.54) is 6.92 Å². The van der Waals surface area contributed by atoms with E-state index in [2.05, 4.69) is 16.1 Å². The number of nitrogens with one attached hydrogen (secondary N) is 1. The van der Waals surface area contributed by atoms with E-state index in [-0.39, 0.29) is 11.4 Å². The molecule has 1 heterocycles. The number of nitrogens with zero attached hydrogens (tertiary/aromatic N) is 1. The lowest BCUT2D eigenvalue weighted by Crippen LogP contribution is -2.19. The molecule has 0 saturated carbocycles. The number of carbonyl (C=O) groups is 2. The Labute approximate surface area is 156 Å². The van der Waals surface area contributed by atoms with E-state index in [9.17, 15) is 14.9 Å². The third kappa shape index (κ3) is 4.05. The number of anilines is 1. The molecule has 0 radical (unpaired) electrons. The molecule has 0 spiro atoms. The summed E-state index contributed by atoms with van der Waals surface area (Å²) in [5.74, 6) is -0.664. The number of nitriles is 1. The summed E-state index contributed by atoms with van der Waals surface area (Å²) < 4.78 is 10.5. The minimum absolute atomic E-state index is 0.0207. The van der Waals surface area contributed by atoms with Gasteiger partial charge in [-0.2, -0.15) is 5.26 Å². The SMILES string of the molecule is CC(=O)OCC(=O)Nc1oc(-c2ccccc2)c(-c2ccccc2)c1C#N. The Balaban J connectivity index is 2.08. The monoisotopic (exact) mass is 360 g/mol. The standard InChI is InChI=1S/C21H16N2O4/c1-14(24)26-13-18(25)23-21-17(12-22)19(15-8-4-2-5-9-15)20(27-21)16-10-6-3-7-11-16/h2-11H,13H2,1H3,(H,23,25). The van der Waals surface area contributed by atoms with Crippen LogP contribution in [0.4, 0.5) is 5.88 Å². The molecule has 0 unspecified atom stereocenters. The van der Waals surface area contributed by atoms with Gasteiger partial charge in [-0.1, -0.05) is 60.7 Å². The van der Waals surface area contributed by atoms with Gasteiger partial charge in [-0.05, 0) is 5.56 Å². The van der Waals surface area contributed by atoms with Crippen molar-refractivity contribution in [3.05, 3.63) is 66.2 Å². The highest BCUT2D eigenvalue weighted by Crippen LogP contribution is 2.41. The molecule has 3 rings (SSSR count). The topological polar surface area (TPSA) is 92.3 Å². The third-order valence-corrected chi connectivity index (χ3v) is 3.78. The number of hydrogen-bond acceptors (Lipinski definition) is 5. The fourth-order valence-corrected chi connectivity index (χ4v) is 2.63. The van der Waals surface area contributed by atoms with Crippen molar-refractivity contribution < 1.29 is 18.7 Å². The maximum absolute atomic E-state index is 12.0. The molecule has 0 saturated heterocycles.